The zero-order chi connectivity index (χ0) is 23.2. The highest BCUT2D eigenvalue weighted by Crippen LogP contribution is 2.37. The first-order valence-corrected chi connectivity index (χ1v) is 9.29. The molecule has 0 aromatic heterocycles. The van der Waals surface area contributed by atoms with Gasteiger partial charge in [-0.1, -0.05) is 6.07 Å². The molecule has 0 radical (unpaired) electrons. The number of benzene rings is 2. The van der Waals surface area contributed by atoms with E-state index < -0.39 is 53.4 Å². The lowest BCUT2D eigenvalue weighted by atomic mass is 9.78. The van der Waals surface area contributed by atoms with E-state index in [4.69, 9.17) is 9.31 Å². The molecule has 2 amide bonds. The second-order valence-electron chi connectivity index (χ2n) is 8.10. The third-order valence-corrected chi connectivity index (χ3v) is 5.31. The van der Waals surface area contributed by atoms with Crippen LogP contribution in [0, 0.1) is 11.6 Å². The number of carbonyl (C=O) groups is 1. The minimum absolute atomic E-state index is 0.00246. The fourth-order valence-electron chi connectivity index (χ4n) is 2.85. The summed E-state index contributed by atoms with van der Waals surface area (Å²) < 4.78 is 78.3. The van der Waals surface area contributed by atoms with E-state index in [-0.39, 0.29) is 11.2 Å². The van der Waals surface area contributed by atoms with Crippen LogP contribution in [0.25, 0.3) is 0 Å². The molecule has 0 bridgehead atoms. The molecule has 1 fully saturated rings. The molecule has 0 saturated carbocycles. The minimum Gasteiger partial charge on any atom is -0.399 e. The van der Waals surface area contributed by atoms with E-state index in [0.29, 0.717) is 18.2 Å². The number of halogens is 5. The lowest BCUT2D eigenvalue weighted by Crippen LogP contribution is -2.41. The summed E-state index contributed by atoms with van der Waals surface area (Å²) in [6, 6.07) is 4.31. The predicted molar refractivity (Wildman–Crippen MR) is 106 cm³/mol. The van der Waals surface area contributed by atoms with Gasteiger partial charge < -0.3 is 19.9 Å². The molecule has 0 unspecified atom stereocenters. The maximum absolute atomic E-state index is 14.6. The van der Waals surface area contributed by atoms with Gasteiger partial charge in [0.1, 0.15) is 11.6 Å². The Morgan fingerprint density at radius 1 is 0.903 bits per heavy atom. The van der Waals surface area contributed by atoms with Gasteiger partial charge in [0.15, 0.2) is 0 Å². The number of urea groups is 1. The summed E-state index contributed by atoms with van der Waals surface area (Å²) in [5, 5.41) is 4.23. The number of alkyl halides is 3. The van der Waals surface area contributed by atoms with E-state index in [9.17, 15) is 26.7 Å². The van der Waals surface area contributed by atoms with E-state index in [2.05, 4.69) is 5.32 Å². The molecule has 1 heterocycles. The third-order valence-electron chi connectivity index (χ3n) is 5.31. The monoisotopic (exact) mass is 442 g/mol. The summed E-state index contributed by atoms with van der Waals surface area (Å²) in [5.41, 5.74) is -3.01. The zero-order valence-corrected chi connectivity index (χ0v) is 17.2. The number of carbonyl (C=O) groups excluding carboxylic acids is 1. The number of amides is 2. The van der Waals surface area contributed by atoms with Crippen LogP contribution in [-0.4, -0.2) is 24.4 Å². The van der Waals surface area contributed by atoms with Gasteiger partial charge in [0.2, 0.25) is 0 Å². The fourth-order valence-corrected chi connectivity index (χ4v) is 2.85. The minimum atomic E-state index is -4.70. The number of anilines is 2. The SMILES string of the molecule is CC1(C)OB(c2ccc(NC(=O)Nc3cc(C(F)(F)F)ccc3F)cc2F)OC1(C)C. The van der Waals surface area contributed by atoms with E-state index in [1.807, 2.05) is 33.0 Å². The number of rotatable bonds is 3. The second-order valence-corrected chi connectivity index (χ2v) is 8.10. The summed E-state index contributed by atoms with van der Waals surface area (Å²) >= 11 is 0. The Morgan fingerprint density at radius 2 is 1.52 bits per heavy atom. The Hall–Kier alpha value is -2.66. The van der Waals surface area contributed by atoms with Crippen molar-refractivity contribution >= 4 is 30.0 Å². The van der Waals surface area contributed by atoms with Gasteiger partial charge in [-0.15, -0.1) is 0 Å². The maximum atomic E-state index is 14.6. The Kier molecular flexibility index (Phi) is 5.79. The second kappa shape index (κ2) is 7.79. The Balaban J connectivity index is 1.72. The highest BCUT2D eigenvalue weighted by Gasteiger charge is 2.52. The molecule has 31 heavy (non-hydrogen) atoms. The Bertz CT molecular complexity index is 995. The van der Waals surface area contributed by atoms with Crippen molar-refractivity contribution in [2.24, 2.45) is 0 Å². The van der Waals surface area contributed by atoms with Gasteiger partial charge in [-0.05, 0) is 58.0 Å². The van der Waals surface area contributed by atoms with Gasteiger partial charge in [0.05, 0.1) is 22.5 Å². The van der Waals surface area contributed by atoms with Gasteiger partial charge in [-0.3, -0.25) is 0 Å². The molecule has 2 N–H and O–H groups in total. The van der Waals surface area contributed by atoms with Crippen molar-refractivity contribution in [3.63, 3.8) is 0 Å². The molecule has 5 nitrogen and oxygen atoms in total. The lowest BCUT2D eigenvalue weighted by molar-refractivity contribution is -0.137. The summed E-state index contributed by atoms with van der Waals surface area (Å²) in [7, 11) is -0.952. The highest BCUT2D eigenvalue weighted by molar-refractivity contribution is 6.62. The average molecular weight is 442 g/mol. The van der Waals surface area contributed by atoms with Gasteiger partial charge in [-0.25, -0.2) is 13.6 Å². The van der Waals surface area contributed by atoms with E-state index in [0.717, 1.165) is 6.07 Å². The molecule has 1 saturated heterocycles. The molecule has 2 aromatic carbocycles. The maximum Gasteiger partial charge on any atom is 0.497 e. The van der Waals surface area contributed by atoms with Crippen LogP contribution < -0.4 is 16.1 Å². The quantitative estimate of drug-likeness (QED) is 0.524. The molecule has 0 atom stereocenters. The summed E-state index contributed by atoms with van der Waals surface area (Å²) in [5.74, 6) is -1.77. The summed E-state index contributed by atoms with van der Waals surface area (Å²) in [4.78, 5) is 12.1. The first kappa shape index (κ1) is 23.0. The molecule has 2 aromatic rings. The number of nitrogens with one attached hydrogen (secondary N) is 2. The van der Waals surface area contributed by atoms with E-state index in [1.165, 1.54) is 12.1 Å². The first-order chi connectivity index (χ1) is 14.2. The molecule has 166 valence electrons. The predicted octanol–water partition coefficient (Wildman–Crippen LogP) is 4.93. The van der Waals surface area contributed by atoms with E-state index >= 15 is 0 Å². The van der Waals surface area contributed by atoms with Crippen LogP contribution in [0.2, 0.25) is 0 Å². The molecule has 3 rings (SSSR count). The van der Waals surface area contributed by atoms with Gasteiger partial charge in [0.25, 0.3) is 0 Å². The van der Waals surface area contributed by atoms with Crippen molar-refractivity contribution in [3.8, 4) is 0 Å². The molecular weight excluding hydrogens is 422 g/mol. The Morgan fingerprint density at radius 3 is 2.06 bits per heavy atom. The lowest BCUT2D eigenvalue weighted by Gasteiger charge is -2.32. The molecular formula is C20H20BF5N2O3. The van der Waals surface area contributed by atoms with Crippen molar-refractivity contribution in [2.75, 3.05) is 10.6 Å². The van der Waals surface area contributed by atoms with Crippen LogP contribution in [0.1, 0.15) is 33.3 Å². The molecule has 1 aliphatic heterocycles. The standard InChI is InChI=1S/C20H20BF5N2O3/c1-18(2)19(3,4)31-21(30-18)13-7-6-12(10-15(13)23)27-17(29)28-16-9-11(20(24,25)26)5-8-14(16)22/h5-10H,1-4H3,(H2,27,28,29). The fraction of sp³-hybridized carbons (Fsp3) is 0.350. The third kappa shape index (κ3) is 4.82. The largest absolute Gasteiger partial charge is 0.497 e. The molecule has 0 spiro atoms. The zero-order valence-electron chi connectivity index (χ0n) is 17.2. The van der Waals surface area contributed by atoms with Crippen LogP contribution in [0.5, 0.6) is 0 Å². The van der Waals surface area contributed by atoms with E-state index in [1.54, 1.807) is 0 Å². The van der Waals surface area contributed by atoms with Crippen molar-refractivity contribution in [1.82, 2.24) is 0 Å². The van der Waals surface area contributed by atoms with Crippen LogP contribution >= 0.6 is 0 Å². The van der Waals surface area contributed by atoms with Crippen molar-refractivity contribution in [2.45, 2.75) is 45.1 Å². The van der Waals surface area contributed by atoms with Crippen molar-refractivity contribution in [3.05, 3.63) is 53.6 Å². The smallest absolute Gasteiger partial charge is 0.399 e. The molecule has 0 aliphatic carbocycles. The Labute approximate surface area is 176 Å². The number of hydrogen-bond acceptors (Lipinski definition) is 3. The van der Waals surface area contributed by atoms with Crippen LogP contribution in [-0.2, 0) is 15.5 Å². The topological polar surface area (TPSA) is 59.6 Å². The summed E-state index contributed by atoms with van der Waals surface area (Å²) in [6.07, 6.45) is -4.70. The molecule has 11 heteroatoms. The van der Waals surface area contributed by atoms with Gasteiger partial charge in [0, 0.05) is 11.2 Å². The summed E-state index contributed by atoms with van der Waals surface area (Å²) in [6.45, 7) is 7.27. The van der Waals surface area contributed by atoms with Crippen LogP contribution in [0.15, 0.2) is 36.4 Å². The van der Waals surface area contributed by atoms with Crippen LogP contribution in [0.3, 0.4) is 0 Å². The van der Waals surface area contributed by atoms with Crippen molar-refractivity contribution < 1.29 is 36.1 Å². The highest BCUT2D eigenvalue weighted by atomic mass is 19.4. The van der Waals surface area contributed by atoms with Crippen molar-refractivity contribution in [1.29, 1.82) is 0 Å². The van der Waals surface area contributed by atoms with Gasteiger partial charge in [-0.2, -0.15) is 13.2 Å². The van der Waals surface area contributed by atoms with Gasteiger partial charge >= 0.3 is 19.3 Å². The average Bonchev–Trinajstić information content (AvgIpc) is 2.83. The normalized spacial score (nSPS) is 17.5. The first-order valence-electron chi connectivity index (χ1n) is 9.29. The van der Waals surface area contributed by atoms with Crippen LogP contribution in [0.4, 0.5) is 38.1 Å². The number of hydrogen-bond donors (Lipinski definition) is 2. The molecule has 1 aliphatic rings.